The number of nitrogens with two attached hydrogens (primary N) is 1. The fourth-order valence-corrected chi connectivity index (χ4v) is 3.69. The second-order valence-corrected chi connectivity index (χ2v) is 8.48. The highest BCUT2D eigenvalue weighted by atomic mass is 19.1. The van der Waals surface area contributed by atoms with Gasteiger partial charge in [-0.15, -0.1) is 0 Å². The average molecular weight is 441 g/mol. The molecule has 0 atom stereocenters. The Labute approximate surface area is 187 Å². The normalized spacial score (nSPS) is 14.5. The second kappa shape index (κ2) is 8.94. The van der Waals surface area contributed by atoms with Gasteiger partial charge in [-0.1, -0.05) is 0 Å². The van der Waals surface area contributed by atoms with Crippen LogP contribution in [0.3, 0.4) is 0 Å². The van der Waals surface area contributed by atoms with E-state index >= 15 is 0 Å². The van der Waals surface area contributed by atoms with Gasteiger partial charge in [0.1, 0.15) is 30.0 Å². The summed E-state index contributed by atoms with van der Waals surface area (Å²) in [6.07, 6.45) is 2.95. The van der Waals surface area contributed by atoms with Gasteiger partial charge in [0.15, 0.2) is 0 Å². The predicted molar refractivity (Wildman–Crippen MR) is 124 cm³/mol. The zero-order valence-corrected chi connectivity index (χ0v) is 19.0. The number of benzene rings is 1. The van der Waals surface area contributed by atoms with Crippen molar-refractivity contribution < 1.29 is 13.9 Å². The van der Waals surface area contributed by atoms with Crippen LogP contribution in [0.4, 0.5) is 15.9 Å². The van der Waals surface area contributed by atoms with E-state index in [0.717, 1.165) is 16.7 Å². The molecular formula is C23H29FN6O2. The Hall–Kier alpha value is -3.49. The van der Waals surface area contributed by atoms with Crippen molar-refractivity contribution in [1.82, 2.24) is 15.3 Å². The van der Waals surface area contributed by atoms with Crippen LogP contribution in [0.2, 0.25) is 0 Å². The Morgan fingerprint density at radius 3 is 2.59 bits per heavy atom. The Morgan fingerprint density at radius 2 is 2.00 bits per heavy atom. The molecule has 2 heterocycles. The number of alkyl halides is 1. The quantitative estimate of drug-likeness (QED) is 0.593. The van der Waals surface area contributed by atoms with Crippen molar-refractivity contribution in [2.45, 2.75) is 40.3 Å². The topological polar surface area (TPSA) is 117 Å². The molecule has 0 saturated carbocycles. The molecule has 0 fully saturated rings. The summed E-state index contributed by atoms with van der Waals surface area (Å²) in [5.41, 5.74) is 9.06. The highest BCUT2D eigenvalue weighted by molar-refractivity contribution is 6.22. The maximum Gasteiger partial charge on any atom is 0.267 e. The van der Waals surface area contributed by atoms with Gasteiger partial charge in [0.25, 0.3) is 5.91 Å². The van der Waals surface area contributed by atoms with Crippen molar-refractivity contribution in [2.24, 2.45) is 0 Å². The van der Waals surface area contributed by atoms with Gasteiger partial charge in [-0.2, -0.15) is 0 Å². The summed E-state index contributed by atoms with van der Waals surface area (Å²) in [6.45, 7) is 9.25. The lowest BCUT2D eigenvalue weighted by Crippen LogP contribution is -2.33. The largest absolute Gasteiger partial charge is 0.475 e. The van der Waals surface area contributed by atoms with Gasteiger partial charge in [-0.3, -0.25) is 4.79 Å². The zero-order valence-electron chi connectivity index (χ0n) is 19.0. The first kappa shape index (κ1) is 23.2. The molecule has 32 heavy (non-hydrogen) atoms. The summed E-state index contributed by atoms with van der Waals surface area (Å²) >= 11 is 0. The molecule has 1 amide bonds. The molecule has 8 nitrogen and oxygen atoms in total. The summed E-state index contributed by atoms with van der Waals surface area (Å²) < 4.78 is 19.5. The van der Waals surface area contributed by atoms with Crippen molar-refractivity contribution in [2.75, 3.05) is 30.3 Å². The first-order valence-electron chi connectivity index (χ1n) is 10.3. The second-order valence-electron chi connectivity index (χ2n) is 8.48. The number of rotatable bonds is 6. The number of amides is 1. The molecule has 0 aliphatic carbocycles. The smallest absolute Gasteiger partial charge is 0.267 e. The lowest BCUT2D eigenvalue weighted by Gasteiger charge is -2.23. The van der Waals surface area contributed by atoms with Gasteiger partial charge in [-0.25, -0.2) is 14.4 Å². The highest BCUT2D eigenvalue weighted by Gasteiger charge is 2.29. The molecule has 9 heteroatoms. The van der Waals surface area contributed by atoms with E-state index in [0.29, 0.717) is 23.5 Å². The summed E-state index contributed by atoms with van der Waals surface area (Å²) in [7, 11) is 0. The lowest BCUT2D eigenvalue weighted by molar-refractivity contribution is 0.0990. The SMILES string of the molecule is CC(=N)/C(=C\NCC(C)(C)F)c1c(C)cc(N2CCOc3ncnc(N)c3C2=O)cc1C. The van der Waals surface area contributed by atoms with Crippen molar-refractivity contribution in [1.29, 1.82) is 5.41 Å². The molecule has 170 valence electrons. The number of ether oxygens (including phenoxy) is 1. The summed E-state index contributed by atoms with van der Waals surface area (Å²) in [5, 5.41) is 11.2. The molecule has 1 aliphatic heterocycles. The minimum Gasteiger partial charge on any atom is -0.475 e. The van der Waals surface area contributed by atoms with Gasteiger partial charge >= 0.3 is 0 Å². The first-order chi connectivity index (χ1) is 15.0. The minimum absolute atomic E-state index is 0.0727. The van der Waals surface area contributed by atoms with Crippen LogP contribution in [0.25, 0.3) is 5.57 Å². The van der Waals surface area contributed by atoms with Crippen LogP contribution in [0.5, 0.6) is 5.88 Å². The number of nitrogen functional groups attached to an aromatic ring is 1. The summed E-state index contributed by atoms with van der Waals surface area (Å²) in [5.74, 6) is -0.0713. The fourth-order valence-electron chi connectivity index (χ4n) is 3.69. The molecule has 3 rings (SSSR count). The van der Waals surface area contributed by atoms with E-state index in [9.17, 15) is 9.18 Å². The number of aryl methyl sites for hydroxylation is 2. The number of nitrogens with zero attached hydrogens (tertiary/aromatic N) is 3. The molecule has 0 spiro atoms. The summed E-state index contributed by atoms with van der Waals surface area (Å²) in [4.78, 5) is 22.8. The third-order valence-corrected chi connectivity index (χ3v) is 5.13. The van der Waals surface area contributed by atoms with Gasteiger partial charge in [-0.05, 0) is 63.4 Å². The van der Waals surface area contributed by atoms with E-state index in [1.54, 1.807) is 18.0 Å². The number of aromatic nitrogens is 2. The Bertz CT molecular complexity index is 1070. The monoisotopic (exact) mass is 440 g/mol. The van der Waals surface area contributed by atoms with E-state index in [-0.39, 0.29) is 36.3 Å². The molecule has 1 aliphatic rings. The number of nitrogens with one attached hydrogen (secondary N) is 2. The standard InChI is InChI=1S/C23H29FN6O2/c1-13-8-16(30-6-7-32-21-19(22(30)31)20(26)28-12-29-21)9-14(2)18(13)17(15(3)25)10-27-11-23(4,5)24/h8-10,12,25,27H,6-7,11H2,1-5H3,(H2,26,28,29)/b17-10+,25-15?. The predicted octanol–water partition coefficient (Wildman–Crippen LogP) is 3.43. The third kappa shape index (κ3) is 4.87. The number of carbonyl (C=O) groups is 1. The van der Waals surface area contributed by atoms with Crippen LogP contribution in [-0.2, 0) is 0 Å². The van der Waals surface area contributed by atoms with Crippen LogP contribution >= 0.6 is 0 Å². The van der Waals surface area contributed by atoms with E-state index in [1.165, 1.54) is 20.2 Å². The van der Waals surface area contributed by atoms with E-state index in [2.05, 4.69) is 15.3 Å². The molecular weight excluding hydrogens is 411 g/mol. The van der Waals surface area contributed by atoms with Crippen LogP contribution in [0.1, 0.15) is 47.8 Å². The van der Waals surface area contributed by atoms with Crippen molar-refractivity contribution in [3.05, 3.63) is 46.9 Å². The van der Waals surface area contributed by atoms with Crippen molar-refractivity contribution in [3.63, 3.8) is 0 Å². The molecule has 0 saturated heterocycles. The number of carbonyl (C=O) groups excluding carboxylic acids is 1. The average Bonchev–Trinajstić information content (AvgIpc) is 2.84. The number of anilines is 2. The Balaban J connectivity index is 1.99. The van der Waals surface area contributed by atoms with Gasteiger partial charge in [0.2, 0.25) is 5.88 Å². The van der Waals surface area contributed by atoms with E-state index < -0.39 is 5.67 Å². The number of hydrogen-bond acceptors (Lipinski definition) is 7. The molecule has 4 N–H and O–H groups in total. The Morgan fingerprint density at radius 1 is 1.34 bits per heavy atom. The number of fused-ring (bicyclic) bond motifs is 1. The number of hydrogen-bond donors (Lipinski definition) is 3. The van der Waals surface area contributed by atoms with Gasteiger partial charge < -0.3 is 26.1 Å². The molecule has 0 unspecified atom stereocenters. The van der Waals surface area contributed by atoms with E-state index in [1.807, 2.05) is 26.0 Å². The van der Waals surface area contributed by atoms with Crippen molar-refractivity contribution in [3.8, 4) is 5.88 Å². The molecule has 1 aromatic heterocycles. The lowest BCUT2D eigenvalue weighted by atomic mass is 9.92. The molecule has 0 bridgehead atoms. The maximum atomic E-state index is 13.9. The first-order valence-corrected chi connectivity index (χ1v) is 10.3. The minimum atomic E-state index is -1.37. The fraction of sp³-hybridized carbons (Fsp3) is 0.391. The summed E-state index contributed by atoms with van der Waals surface area (Å²) in [6, 6.07) is 3.78. The number of allylic oxidation sites excluding steroid dienone is 1. The highest BCUT2D eigenvalue weighted by Crippen LogP contribution is 2.32. The van der Waals surface area contributed by atoms with Crippen LogP contribution in [0.15, 0.2) is 24.7 Å². The van der Waals surface area contributed by atoms with Gasteiger partial charge in [0.05, 0.1) is 6.54 Å². The van der Waals surface area contributed by atoms with Crippen LogP contribution in [0, 0.1) is 19.3 Å². The van der Waals surface area contributed by atoms with Crippen molar-refractivity contribution >= 4 is 28.7 Å². The molecule has 2 aromatic rings. The Kier molecular flexibility index (Phi) is 6.47. The zero-order chi connectivity index (χ0) is 23.6. The van der Waals surface area contributed by atoms with E-state index in [4.69, 9.17) is 15.9 Å². The number of halogens is 1. The van der Waals surface area contributed by atoms with Crippen LogP contribution < -0.4 is 20.7 Å². The van der Waals surface area contributed by atoms with Gasteiger partial charge in [0, 0.05) is 29.7 Å². The van der Waals surface area contributed by atoms with Crippen LogP contribution in [-0.4, -0.2) is 47.0 Å². The molecule has 1 aromatic carbocycles. The molecule has 0 radical (unpaired) electrons. The third-order valence-electron chi connectivity index (χ3n) is 5.13. The maximum absolute atomic E-state index is 13.9.